The second kappa shape index (κ2) is 15.1. The molecule has 0 saturated heterocycles. The highest BCUT2D eigenvalue weighted by molar-refractivity contribution is 6.13. The van der Waals surface area contributed by atoms with Crippen molar-refractivity contribution in [2.45, 2.75) is 6.42 Å². The first-order chi connectivity index (χ1) is 14.4. The smallest absolute Gasteiger partial charge is 0.253 e. The van der Waals surface area contributed by atoms with Crippen LogP contribution in [0.25, 0.3) is 0 Å². The van der Waals surface area contributed by atoms with Crippen molar-refractivity contribution in [2.75, 3.05) is 66.3 Å². The molecular formula is C18H28N4O8. The van der Waals surface area contributed by atoms with Crippen molar-refractivity contribution in [2.24, 2.45) is 0 Å². The van der Waals surface area contributed by atoms with Gasteiger partial charge in [-0.05, 0) is 0 Å². The highest BCUT2D eigenvalue weighted by Crippen LogP contribution is 2.03. The van der Waals surface area contributed by atoms with Gasteiger partial charge in [0.25, 0.3) is 11.8 Å². The lowest BCUT2D eigenvalue weighted by molar-refractivity contribution is -0.137. The topological polar surface area (TPSA) is 152 Å². The summed E-state index contributed by atoms with van der Waals surface area (Å²) in [4.78, 5) is 58.1. The minimum absolute atomic E-state index is 0.000236. The zero-order chi connectivity index (χ0) is 22.2. The number of nitrogens with zero attached hydrogens (tertiary/aromatic N) is 1. The van der Waals surface area contributed by atoms with Gasteiger partial charge in [-0.1, -0.05) is 0 Å². The van der Waals surface area contributed by atoms with E-state index >= 15 is 0 Å². The van der Waals surface area contributed by atoms with Gasteiger partial charge >= 0.3 is 0 Å². The molecule has 0 aromatic rings. The van der Waals surface area contributed by atoms with Gasteiger partial charge in [0.15, 0.2) is 0 Å². The number of amides is 5. The van der Waals surface area contributed by atoms with Gasteiger partial charge in [0.05, 0.1) is 19.8 Å². The van der Waals surface area contributed by atoms with Crippen LogP contribution in [-0.2, 0) is 38.2 Å². The summed E-state index contributed by atoms with van der Waals surface area (Å²) in [7, 11) is 1.43. The minimum atomic E-state index is -0.431. The molecule has 12 heteroatoms. The molecule has 3 N–H and O–H groups in total. The summed E-state index contributed by atoms with van der Waals surface area (Å²) in [6, 6.07) is 0. The lowest BCUT2D eigenvalue weighted by Crippen LogP contribution is -2.38. The molecule has 0 saturated carbocycles. The number of hydrogen-bond acceptors (Lipinski definition) is 8. The maximum absolute atomic E-state index is 11.7. The molecule has 0 radical (unpaired) electrons. The van der Waals surface area contributed by atoms with E-state index in [1.165, 1.54) is 7.11 Å². The van der Waals surface area contributed by atoms with Crippen molar-refractivity contribution in [3.05, 3.63) is 12.2 Å². The Morgan fingerprint density at radius 3 is 2.03 bits per heavy atom. The van der Waals surface area contributed by atoms with Gasteiger partial charge < -0.3 is 30.2 Å². The van der Waals surface area contributed by atoms with Gasteiger partial charge in [-0.3, -0.25) is 28.9 Å². The van der Waals surface area contributed by atoms with Crippen LogP contribution in [0.1, 0.15) is 6.42 Å². The lowest BCUT2D eigenvalue weighted by Gasteiger charge is -2.13. The normalized spacial score (nSPS) is 12.9. The summed E-state index contributed by atoms with van der Waals surface area (Å²) in [6.45, 7) is 1.47. The van der Waals surface area contributed by atoms with Crippen molar-refractivity contribution in [1.82, 2.24) is 20.9 Å². The highest BCUT2D eigenvalue weighted by Gasteiger charge is 2.23. The molecule has 0 bridgehead atoms. The fourth-order valence-electron chi connectivity index (χ4n) is 2.24. The molecular weight excluding hydrogens is 400 g/mol. The Balaban J connectivity index is 1.91. The van der Waals surface area contributed by atoms with Crippen molar-refractivity contribution >= 4 is 29.5 Å². The average Bonchev–Trinajstić information content (AvgIpc) is 3.03. The van der Waals surface area contributed by atoms with E-state index < -0.39 is 11.8 Å². The van der Waals surface area contributed by atoms with Gasteiger partial charge in [-0.2, -0.15) is 0 Å². The molecule has 0 atom stereocenters. The standard InChI is InChI=1S/C18H28N4O8/c1-28-12-15(24)21-7-9-29-10-11-30-13-16(25)20-6-5-19-14(23)4-8-22-17(26)2-3-18(22)27/h2-3H,4-13H2,1H3,(H,19,23)(H,20,25)(H,21,24). The largest absolute Gasteiger partial charge is 0.377 e. The van der Waals surface area contributed by atoms with Crippen LogP contribution in [0.4, 0.5) is 0 Å². The first-order valence-electron chi connectivity index (χ1n) is 9.42. The second-order valence-electron chi connectivity index (χ2n) is 6.06. The average molecular weight is 428 g/mol. The Morgan fingerprint density at radius 1 is 0.800 bits per heavy atom. The van der Waals surface area contributed by atoms with Crippen LogP contribution in [0.15, 0.2) is 12.2 Å². The van der Waals surface area contributed by atoms with Crippen molar-refractivity contribution < 1.29 is 38.2 Å². The fourth-order valence-corrected chi connectivity index (χ4v) is 2.24. The van der Waals surface area contributed by atoms with Gasteiger partial charge in [0, 0.05) is 51.9 Å². The van der Waals surface area contributed by atoms with Crippen LogP contribution in [0.2, 0.25) is 0 Å². The number of ether oxygens (including phenoxy) is 3. The van der Waals surface area contributed by atoms with Crippen LogP contribution in [0.5, 0.6) is 0 Å². The predicted molar refractivity (Wildman–Crippen MR) is 103 cm³/mol. The molecule has 0 fully saturated rings. The lowest BCUT2D eigenvalue weighted by atomic mass is 10.3. The maximum Gasteiger partial charge on any atom is 0.253 e. The van der Waals surface area contributed by atoms with E-state index in [1.54, 1.807) is 0 Å². The third kappa shape index (κ3) is 11.2. The van der Waals surface area contributed by atoms with Crippen molar-refractivity contribution in [3.63, 3.8) is 0 Å². The number of nitrogens with one attached hydrogen (secondary N) is 3. The number of rotatable bonds is 16. The predicted octanol–water partition coefficient (Wildman–Crippen LogP) is -2.67. The minimum Gasteiger partial charge on any atom is -0.377 e. The SMILES string of the molecule is COCC(=O)NCCOCCOCC(=O)NCCNC(=O)CCN1C(=O)C=CC1=O. The molecule has 0 aliphatic carbocycles. The second-order valence-corrected chi connectivity index (χ2v) is 6.06. The zero-order valence-electron chi connectivity index (χ0n) is 16.9. The van der Waals surface area contributed by atoms with Crippen LogP contribution >= 0.6 is 0 Å². The van der Waals surface area contributed by atoms with Gasteiger partial charge in [-0.25, -0.2) is 0 Å². The van der Waals surface area contributed by atoms with Gasteiger partial charge in [0.2, 0.25) is 17.7 Å². The van der Waals surface area contributed by atoms with E-state index in [4.69, 9.17) is 9.47 Å². The number of methoxy groups -OCH3 is 1. The molecule has 0 spiro atoms. The van der Waals surface area contributed by atoms with Crippen LogP contribution in [0.3, 0.4) is 0 Å². The summed E-state index contributed by atoms with van der Waals surface area (Å²) >= 11 is 0. The van der Waals surface area contributed by atoms with Crippen LogP contribution in [-0.4, -0.2) is 101 Å². The van der Waals surface area contributed by atoms with E-state index in [2.05, 4.69) is 20.7 Å². The molecule has 1 aliphatic heterocycles. The molecule has 12 nitrogen and oxygen atoms in total. The first-order valence-corrected chi connectivity index (χ1v) is 9.42. The first kappa shape index (κ1) is 25.2. The third-order valence-corrected chi connectivity index (χ3v) is 3.68. The quantitative estimate of drug-likeness (QED) is 0.178. The van der Waals surface area contributed by atoms with Crippen molar-refractivity contribution in [3.8, 4) is 0 Å². The monoisotopic (exact) mass is 428 g/mol. The van der Waals surface area contributed by atoms with E-state index in [1.807, 2.05) is 0 Å². The molecule has 168 valence electrons. The Morgan fingerprint density at radius 2 is 1.37 bits per heavy atom. The van der Waals surface area contributed by atoms with Gasteiger partial charge in [0.1, 0.15) is 13.2 Å². The van der Waals surface area contributed by atoms with E-state index in [9.17, 15) is 24.0 Å². The molecule has 0 aromatic heterocycles. The van der Waals surface area contributed by atoms with Crippen LogP contribution < -0.4 is 16.0 Å². The summed E-state index contributed by atoms with van der Waals surface area (Å²) < 4.78 is 15.0. The van der Waals surface area contributed by atoms with Crippen molar-refractivity contribution in [1.29, 1.82) is 0 Å². The number of hydrogen-bond donors (Lipinski definition) is 3. The molecule has 30 heavy (non-hydrogen) atoms. The molecule has 1 aliphatic rings. The number of carbonyl (C=O) groups is 5. The molecule has 5 amide bonds. The van der Waals surface area contributed by atoms with E-state index in [-0.39, 0.29) is 70.2 Å². The number of imide groups is 1. The number of carbonyl (C=O) groups excluding carboxylic acids is 5. The van der Waals surface area contributed by atoms with Gasteiger partial charge in [-0.15, -0.1) is 0 Å². The Bertz CT molecular complexity index is 620. The Labute approximate surface area is 174 Å². The summed E-state index contributed by atoms with van der Waals surface area (Å²) in [5, 5.41) is 7.76. The molecule has 1 heterocycles. The molecule has 0 unspecified atom stereocenters. The Kier molecular flexibility index (Phi) is 12.7. The zero-order valence-corrected chi connectivity index (χ0v) is 16.9. The summed E-state index contributed by atoms with van der Waals surface area (Å²) in [6.07, 6.45) is 2.31. The summed E-state index contributed by atoms with van der Waals surface area (Å²) in [5.74, 6) is -1.75. The van der Waals surface area contributed by atoms with E-state index in [0.29, 0.717) is 13.2 Å². The van der Waals surface area contributed by atoms with E-state index in [0.717, 1.165) is 17.1 Å². The summed E-state index contributed by atoms with van der Waals surface area (Å²) in [5.41, 5.74) is 0. The Hall–Kier alpha value is -2.83. The fraction of sp³-hybridized carbons (Fsp3) is 0.611. The van der Waals surface area contributed by atoms with Crippen LogP contribution in [0, 0.1) is 0 Å². The molecule has 0 aromatic carbocycles. The highest BCUT2D eigenvalue weighted by atomic mass is 16.5. The maximum atomic E-state index is 11.7. The third-order valence-electron chi connectivity index (χ3n) is 3.68. The molecule has 1 rings (SSSR count).